The number of nitrogens with zero attached hydrogens (tertiary/aromatic N) is 2. The lowest BCUT2D eigenvalue weighted by Crippen LogP contribution is -2.39. The fourth-order valence-corrected chi connectivity index (χ4v) is 3.59. The van der Waals surface area contributed by atoms with Crippen LogP contribution in [0.15, 0.2) is 21.9 Å². The number of hydrogen-bond acceptors (Lipinski definition) is 6. The summed E-state index contributed by atoms with van der Waals surface area (Å²) in [7, 11) is 0. The van der Waals surface area contributed by atoms with Crippen molar-refractivity contribution in [3.63, 3.8) is 0 Å². The molecule has 1 aliphatic heterocycles. The molecule has 0 aromatic carbocycles. The van der Waals surface area contributed by atoms with Gasteiger partial charge < -0.3 is 9.15 Å². The molecule has 0 spiro atoms. The molecule has 1 fully saturated rings. The van der Waals surface area contributed by atoms with Crippen molar-refractivity contribution in [2.24, 2.45) is 5.92 Å². The van der Waals surface area contributed by atoms with Crippen molar-refractivity contribution >= 4 is 17.3 Å². The van der Waals surface area contributed by atoms with Gasteiger partial charge in [0.05, 0.1) is 23.1 Å². The Kier molecular flexibility index (Phi) is 5.13. The van der Waals surface area contributed by atoms with E-state index in [1.165, 1.54) is 0 Å². The van der Waals surface area contributed by atoms with E-state index in [2.05, 4.69) is 9.88 Å². The fraction of sp³-hybridized carbons (Fsp3) is 0.529. The minimum Gasteiger partial charge on any atom is -0.466 e. The first kappa shape index (κ1) is 16.2. The number of esters is 1. The molecule has 3 heterocycles. The highest BCUT2D eigenvalue weighted by Crippen LogP contribution is 2.27. The molecule has 1 atom stereocenters. The molecule has 0 bridgehead atoms. The molecule has 2 aromatic rings. The molecule has 3 rings (SSSR count). The maximum Gasteiger partial charge on any atom is 0.310 e. The van der Waals surface area contributed by atoms with Crippen LogP contribution in [0.3, 0.4) is 0 Å². The number of thiophene rings is 1. The molecule has 23 heavy (non-hydrogen) atoms. The summed E-state index contributed by atoms with van der Waals surface area (Å²) < 4.78 is 11.0. The number of oxazole rings is 1. The summed E-state index contributed by atoms with van der Waals surface area (Å²) in [6.45, 7) is 6.68. The minimum absolute atomic E-state index is 0.0207. The zero-order valence-electron chi connectivity index (χ0n) is 13.6. The van der Waals surface area contributed by atoms with Crippen LogP contribution in [-0.4, -0.2) is 35.5 Å². The first-order chi connectivity index (χ1) is 11.2. The number of piperidine rings is 1. The van der Waals surface area contributed by atoms with Crippen molar-refractivity contribution in [2.45, 2.75) is 33.2 Å². The molecule has 5 nitrogen and oxygen atoms in total. The third-order valence-electron chi connectivity index (χ3n) is 4.12. The van der Waals surface area contributed by atoms with Crippen molar-refractivity contribution in [1.82, 2.24) is 9.88 Å². The van der Waals surface area contributed by atoms with E-state index in [4.69, 9.17) is 9.15 Å². The van der Waals surface area contributed by atoms with Crippen LogP contribution in [0.25, 0.3) is 10.8 Å². The first-order valence-corrected chi connectivity index (χ1v) is 8.94. The van der Waals surface area contributed by atoms with Gasteiger partial charge in [0.15, 0.2) is 0 Å². The maximum atomic E-state index is 11.9. The molecule has 1 saturated heterocycles. The van der Waals surface area contributed by atoms with Gasteiger partial charge in [0.2, 0.25) is 5.89 Å². The predicted molar refractivity (Wildman–Crippen MR) is 89.2 cm³/mol. The van der Waals surface area contributed by atoms with Gasteiger partial charge in [0.25, 0.3) is 0 Å². The molecule has 2 aromatic heterocycles. The van der Waals surface area contributed by atoms with Gasteiger partial charge in [-0.1, -0.05) is 6.07 Å². The summed E-state index contributed by atoms with van der Waals surface area (Å²) >= 11 is 1.62. The van der Waals surface area contributed by atoms with Gasteiger partial charge >= 0.3 is 5.97 Å². The average Bonchev–Trinajstić information content (AvgIpc) is 3.18. The van der Waals surface area contributed by atoms with Gasteiger partial charge in [-0.15, -0.1) is 11.3 Å². The Hall–Kier alpha value is -1.66. The Morgan fingerprint density at radius 1 is 1.57 bits per heavy atom. The van der Waals surface area contributed by atoms with E-state index in [0.29, 0.717) is 12.5 Å². The molecule has 0 radical (unpaired) electrons. The summed E-state index contributed by atoms with van der Waals surface area (Å²) in [4.78, 5) is 19.9. The first-order valence-electron chi connectivity index (χ1n) is 8.06. The Bertz CT molecular complexity index is 651. The second kappa shape index (κ2) is 7.27. The monoisotopic (exact) mass is 334 g/mol. The highest BCUT2D eigenvalue weighted by atomic mass is 32.1. The van der Waals surface area contributed by atoms with Gasteiger partial charge in [-0.05, 0) is 44.7 Å². The molecular formula is C17H22N2O3S. The molecule has 0 aliphatic carbocycles. The highest BCUT2D eigenvalue weighted by molar-refractivity contribution is 7.13. The molecule has 6 heteroatoms. The maximum absolute atomic E-state index is 11.9. The molecule has 0 amide bonds. The van der Waals surface area contributed by atoms with Crippen LogP contribution < -0.4 is 0 Å². The fourth-order valence-electron chi connectivity index (χ4n) is 2.94. The van der Waals surface area contributed by atoms with Gasteiger partial charge in [-0.3, -0.25) is 9.69 Å². The number of ether oxygens (including phenoxy) is 1. The van der Waals surface area contributed by atoms with E-state index in [-0.39, 0.29) is 11.9 Å². The van der Waals surface area contributed by atoms with Gasteiger partial charge in [-0.25, -0.2) is 4.98 Å². The Morgan fingerprint density at radius 3 is 3.17 bits per heavy atom. The van der Waals surface area contributed by atoms with Crippen molar-refractivity contribution in [1.29, 1.82) is 0 Å². The SMILES string of the molecule is CCOC(=O)C1CCCN(Cc2nc(-c3cccs3)oc2C)C1. The van der Waals surface area contributed by atoms with Crippen molar-refractivity contribution in [3.05, 3.63) is 29.0 Å². The normalized spacial score (nSPS) is 19.0. The second-order valence-corrected chi connectivity index (χ2v) is 6.77. The number of hydrogen-bond donors (Lipinski definition) is 0. The van der Waals surface area contributed by atoms with Crippen LogP contribution in [-0.2, 0) is 16.1 Å². The number of carbonyl (C=O) groups is 1. The second-order valence-electron chi connectivity index (χ2n) is 5.83. The van der Waals surface area contributed by atoms with Crippen LogP contribution in [0, 0.1) is 12.8 Å². The van der Waals surface area contributed by atoms with Crippen LogP contribution in [0.4, 0.5) is 0 Å². The Morgan fingerprint density at radius 2 is 2.43 bits per heavy atom. The van der Waals surface area contributed by atoms with Crippen LogP contribution in [0.1, 0.15) is 31.2 Å². The molecular weight excluding hydrogens is 312 g/mol. The smallest absolute Gasteiger partial charge is 0.310 e. The van der Waals surface area contributed by atoms with E-state index >= 15 is 0 Å². The average molecular weight is 334 g/mol. The van der Waals surface area contributed by atoms with Gasteiger partial charge in [0.1, 0.15) is 5.76 Å². The van der Waals surface area contributed by atoms with E-state index in [1.807, 2.05) is 31.4 Å². The zero-order valence-corrected chi connectivity index (χ0v) is 14.4. The topological polar surface area (TPSA) is 55.6 Å². The van der Waals surface area contributed by atoms with E-state index in [1.54, 1.807) is 11.3 Å². The molecule has 124 valence electrons. The third kappa shape index (κ3) is 3.82. The predicted octanol–water partition coefficient (Wildman–Crippen LogP) is 3.49. The van der Waals surface area contributed by atoms with Crippen molar-refractivity contribution in [2.75, 3.05) is 19.7 Å². The Labute approximate surface area is 140 Å². The largest absolute Gasteiger partial charge is 0.466 e. The standard InChI is InChI=1S/C17H22N2O3S/c1-3-21-17(20)13-6-4-8-19(10-13)11-14-12(2)22-16(18-14)15-7-5-9-23-15/h5,7,9,13H,3-4,6,8,10-11H2,1-2H3. The molecule has 0 N–H and O–H groups in total. The third-order valence-corrected chi connectivity index (χ3v) is 4.98. The van der Waals surface area contributed by atoms with Crippen molar-refractivity contribution in [3.8, 4) is 10.8 Å². The quantitative estimate of drug-likeness (QED) is 0.784. The molecule has 1 aliphatic rings. The van der Waals surface area contributed by atoms with Crippen LogP contribution in [0.5, 0.6) is 0 Å². The number of carbonyl (C=O) groups excluding carboxylic acids is 1. The zero-order chi connectivity index (χ0) is 16.2. The van der Waals surface area contributed by atoms with E-state index in [0.717, 1.165) is 48.8 Å². The number of aromatic nitrogens is 1. The lowest BCUT2D eigenvalue weighted by atomic mass is 9.98. The van der Waals surface area contributed by atoms with Crippen molar-refractivity contribution < 1.29 is 13.9 Å². The summed E-state index contributed by atoms with van der Waals surface area (Å²) in [5.74, 6) is 1.44. The number of aryl methyl sites for hydroxylation is 1. The lowest BCUT2D eigenvalue weighted by molar-refractivity contribution is -0.150. The van der Waals surface area contributed by atoms with Gasteiger partial charge in [0, 0.05) is 13.1 Å². The molecule has 0 saturated carbocycles. The van der Waals surface area contributed by atoms with Crippen LogP contribution >= 0.6 is 11.3 Å². The minimum atomic E-state index is -0.0756. The van der Waals surface area contributed by atoms with Crippen LogP contribution in [0.2, 0.25) is 0 Å². The summed E-state index contributed by atoms with van der Waals surface area (Å²) in [5, 5.41) is 2.02. The van der Waals surface area contributed by atoms with E-state index < -0.39 is 0 Å². The summed E-state index contributed by atoms with van der Waals surface area (Å²) in [5.41, 5.74) is 0.956. The highest BCUT2D eigenvalue weighted by Gasteiger charge is 2.27. The number of rotatable bonds is 5. The summed E-state index contributed by atoms with van der Waals surface area (Å²) in [6.07, 6.45) is 1.92. The lowest BCUT2D eigenvalue weighted by Gasteiger charge is -2.30. The van der Waals surface area contributed by atoms with E-state index in [9.17, 15) is 4.79 Å². The summed E-state index contributed by atoms with van der Waals surface area (Å²) in [6, 6.07) is 4.01. The Balaban J connectivity index is 1.66. The number of likely N-dealkylation sites (tertiary alicyclic amines) is 1. The van der Waals surface area contributed by atoms with Gasteiger partial charge in [-0.2, -0.15) is 0 Å². The molecule has 1 unspecified atom stereocenters.